The number of aliphatic hydroxyl groups excluding tert-OH is 1. The van der Waals surface area contributed by atoms with E-state index in [1.807, 2.05) is 13.8 Å². The van der Waals surface area contributed by atoms with Crippen LogP contribution in [0.5, 0.6) is 0 Å². The van der Waals surface area contributed by atoms with Crippen LogP contribution in [-0.4, -0.2) is 35.4 Å². The monoisotopic (exact) mass is 500 g/mol. The minimum absolute atomic E-state index is 0.184. The number of carbonyl (C=O) groups excluding carboxylic acids is 1. The second-order valence-corrected chi connectivity index (χ2v) is 12.7. The molecule has 1 saturated carbocycles. The summed E-state index contributed by atoms with van der Waals surface area (Å²) in [5, 5.41) is 21.7. The van der Waals surface area contributed by atoms with Crippen LogP contribution in [-0.2, 0) is 14.3 Å². The number of allylic oxidation sites excluding steroid dienone is 5. The van der Waals surface area contributed by atoms with Crippen molar-refractivity contribution in [3.63, 3.8) is 0 Å². The number of aliphatic carboxylic acids is 1. The van der Waals surface area contributed by atoms with E-state index in [0.717, 1.165) is 44.1 Å². The fourth-order valence-corrected chi connectivity index (χ4v) is 8.52. The topological polar surface area (TPSA) is 83.8 Å². The minimum Gasteiger partial charge on any atom is -0.481 e. The summed E-state index contributed by atoms with van der Waals surface area (Å²) in [6.07, 6.45) is 8.08. The molecule has 3 rings (SSSR count). The summed E-state index contributed by atoms with van der Waals surface area (Å²) < 4.78 is 4.98. The summed E-state index contributed by atoms with van der Waals surface area (Å²) in [6, 6.07) is 0. The Labute approximate surface area is 218 Å². The molecule has 36 heavy (non-hydrogen) atoms. The van der Waals surface area contributed by atoms with Gasteiger partial charge in [-0.25, -0.2) is 0 Å². The third-order valence-electron chi connectivity index (χ3n) is 10.5. The van der Waals surface area contributed by atoms with Gasteiger partial charge in [-0.05, 0) is 94.3 Å². The first-order valence-electron chi connectivity index (χ1n) is 13.7. The molecular weight excluding hydrogens is 452 g/mol. The van der Waals surface area contributed by atoms with Crippen molar-refractivity contribution in [3.8, 4) is 0 Å². The highest BCUT2D eigenvalue weighted by atomic mass is 16.5. The van der Waals surface area contributed by atoms with Crippen LogP contribution in [0.15, 0.2) is 34.9 Å². The smallest absolute Gasteiger partial charge is 0.306 e. The highest BCUT2D eigenvalue weighted by molar-refractivity contribution is 5.71. The quantitative estimate of drug-likeness (QED) is 0.267. The van der Waals surface area contributed by atoms with E-state index in [1.54, 1.807) is 0 Å². The van der Waals surface area contributed by atoms with E-state index >= 15 is 0 Å². The fraction of sp³-hybridized carbons (Fsp3) is 0.742. The van der Waals surface area contributed by atoms with Gasteiger partial charge in [-0.2, -0.15) is 0 Å². The zero-order valence-electron chi connectivity index (χ0n) is 23.6. The van der Waals surface area contributed by atoms with E-state index in [1.165, 1.54) is 23.8 Å². The number of fused-ring (bicyclic) bond motifs is 2. The first-order chi connectivity index (χ1) is 16.7. The van der Waals surface area contributed by atoms with Crippen molar-refractivity contribution >= 4 is 11.9 Å². The van der Waals surface area contributed by atoms with Crippen LogP contribution in [0.25, 0.3) is 0 Å². The highest BCUT2D eigenvalue weighted by Gasteiger charge is 2.65. The van der Waals surface area contributed by atoms with E-state index in [9.17, 15) is 19.8 Å². The number of aliphatic hydroxyl groups is 1. The SMILES string of the molecule is C=C(C)[C@@H]1CCC2=C(CC[C@]3(C)[C@@H](C(CCC=C(C)C)C(=O)O)[C@H](O)C[C@@]23C)[C@@]1(C)CCC(=O)OC. The Hall–Kier alpha value is -1.88. The van der Waals surface area contributed by atoms with Crippen molar-refractivity contribution in [1.82, 2.24) is 0 Å². The van der Waals surface area contributed by atoms with Crippen LogP contribution < -0.4 is 0 Å². The van der Waals surface area contributed by atoms with E-state index in [2.05, 4.69) is 40.3 Å². The van der Waals surface area contributed by atoms with Crippen molar-refractivity contribution in [2.75, 3.05) is 7.11 Å². The van der Waals surface area contributed by atoms with Gasteiger partial charge in [-0.15, -0.1) is 0 Å². The van der Waals surface area contributed by atoms with Gasteiger partial charge in [0.2, 0.25) is 0 Å². The maximum atomic E-state index is 12.5. The second kappa shape index (κ2) is 10.5. The number of hydrogen-bond acceptors (Lipinski definition) is 4. The standard InChI is InChI=1S/C31H48O5/c1-19(2)10-9-11-21(28(34)35)27-25(32)18-31(7)24-13-12-22(20(3)4)29(5,16-15-26(33)36-8)23(24)14-17-30(27,31)6/h10,21-22,25,27,32H,3,9,11-18H2,1-2,4-8H3,(H,34,35)/t21?,22-,25+,27-,29-,30+,31-/m0/s1. The summed E-state index contributed by atoms with van der Waals surface area (Å²) in [7, 11) is 1.44. The number of carboxylic acids is 1. The molecule has 0 amide bonds. The van der Waals surface area contributed by atoms with Crippen LogP contribution >= 0.6 is 0 Å². The molecule has 0 heterocycles. The van der Waals surface area contributed by atoms with Gasteiger partial charge in [0.05, 0.1) is 19.1 Å². The van der Waals surface area contributed by atoms with Crippen molar-refractivity contribution in [2.24, 2.45) is 34.0 Å². The molecule has 0 bridgehead atoms. The van der Waals surface area contributed by atoms with Crippen LogP contribution in [0, 0.1) is 34.0 Å². The lowest BCUT2D eigenvalue weighted by Gasteiger charge is -2.57. The van der Waals surface area contributed by atoms with Gasteiger partial charge >= 0.3 is 11.9 Å². The fourth-order valence-electron chi connectivity index (χ4n) is 8.52. The van der Waals surface area contributed by atoms with Gasteiger partial charge < -0.3 is 14.9 Å². The number of carboxylic acid groups (broad SMARTS) is 1. The second-order valence-electron chi connectivity index (χ2n) is 12.7. The van der Waals surface area contributed by atoms with E-state index in [-0.39, 0.29) is 28.1 Å². The molecule has 7 atom stereocenters. The molecule has 5 nitrogen and oxygen atoms in total. The third-order valence-corrected chi connectivity index (χ3v) is 10.5. The van der Waals surface area contributed by atoms with Crippen molar-refractivity contribution in [2.45, 2.75) is 105 Å². The van der Waals surface area contributed by atoms with E-state index in [4.69, 9.17) is 4.74 Å². The lowest BCUT2D eigenvalue weighted by molar-refractivity contribution is -0.148. The Morgan fingerprint density at radius 1 is 1.17 bits per heavy atom. The molecule has 0 aliphatic heterocycles. The molecule has 3 aliphatic rings. The zero-order chi connectivity index (χ0) is 27.1. The maximum absolute atomic E-state index is 12.5. The Balaban J connectivity index is 2.05. The molecule has 0 spiro atoms. The van der Waals surface area contributed by atoms with Gasteiger partial charge in [0.15, 0.2) is 0 Å². The molecule has 1 fully saturated rings. The normalized spacial score (nSPS) is 36.5. The summed E-state index contributed by atoms with van der Waals surface area (Å²) >= 11 is 0. The number of rotatable bonds is 9. The highest BCUT2D eigenvalue weighted by Crippen LogP contribution is 2.71. The Morgan fingerprint density at radius 3 is 2.39 bits per heavy atom. The zero-order valence-corrected chi connectivity index (χ0v) is 23.6. The molecule has 0 aromatic carbocycles. The van der Waals surface area contributed by atoms with E-state index < -0.39 is 18.0 Å². The largest absolute Gasteiger partial charge is 0.481 e. The number of hydrogen-bond donors (Lipinski definition) is 2. The lowest BCUT2D eigenvalue weighted by atomic mass is 9.47. The molecule has 0 saturated heterocycles. The number of methoxy groups -OCH3 is 1. The molecule has 3 aliphatic carbocycles. The number of esters is 1. The van der Waals surface area contributed by atoms with Gasteiger partial charge in [0, 0.05) is 12.3 Å². The van der Waals surface area contributed by atoms with Crippen molar-refractivity contribution < 1.29 is 24.5 Å². The average Bonchev–Trinajstić information content (AvgIpc) is 3.00. The molecule has 0 aromatic rings. The molecular formula is C31H48O5. The number of carbonyl (C=O) groups is 2. The minimum atomic E-state index is -0.791. The molecule has 0 radical (unpaired) electrons. The number of ether oxygens (including phenoxy) is 1. The molecule has 0 aromatic heterocycles. The van der Waals surface area contributed by atoms with Crippen LogP contribution in [0.4, 0.5) is 0 Å². The first kappa shape index (κ1) is 28.7. The van der Waals surface area contributed by atoms with Crippen LogP contribution in [0.1, 0.15) is 99.3 Å². The van der Waals surface area contributed by atoms with Gasteiger partial charge in [0.1, 0.15) is 0 Å². The van der Waals surface area contributed by atoms with Gasteiger partial charge in [-0.3, -0.25) is 9.59 Å². The Kier molecular flexibility index (Phi) is 8.35. The Morgan fingerprint density at radius 2 is 1.83 bits per heavy atom. The van der Waals surface area contributed by atoms with Gasteiger partial charge in [0.25, 0.3) is 0 Å². The Bertz CT molecular complexity index is 956. The predicted octanol–water partition coefficient (Wildman–Crippen LogP) is 6.86. The molecule has 1 unspecified atom stereocenters. The molecule has 5 heteroatoms. The maximum Gasteiger partial charge on any atom is 0.306 e. The summed E-state index contributed by atoms with van der Waals surface area (Å²) in [4.78, 5) is 24.6. The van der Waals surface area contributed by atoms with E-state index in [0.29, 0.717) is 25.2 Å². The molecule has 202 valence electrons. The summed E-state index contributed by atoms with van der Waals surface area (Å²) in [5.74, 6) is -1.53. The van der Waals surface area contributed by atoms with Crippen molar-refractivity contribution in [1.29, 1.82) is 0 Å². The average molecular weight is 501 g/mol. The van der Waals surface area contributed by atoms with Gasteiger partial charge in [-0.1, -0.05) is 55.7 Å². The predicted molar refractivity (Wildman–Crippen MR) is 143 cm³/mol. The molecule has 2 N–H and O–H groups in total. The van der Waals surface area contributed by atoms with Crippen LogP contribution in [0.2, 0.25) is 0 Å². The lowest BCUT2D eigenvalue weighted by Crippen LogP contribution is -2.49. The third kappa shape index (κ3) is 4.73. The van der Waals surface area contributed by atoms with Crippen molar-refractivity contribution in [3.05, 3.63) is 34.9 Å². The summed E-state index contributed by atoms with van der Waals surface area (Å²) in [5.41, 5.74) is 4.44. The van der Waals surface area contributed by atoms with Crippen LogP contribution in [0.3, 0.4) is 0 Å². The first-order valence-corrected chi connectivity index (χ1v) is 13.7. The summed E-state index contributed by atoms with van der Waals surface area (Å²) in [6.45, 7) is 17.3.